The van der Waals surface area contributed by atoms with Gasteiger partial charge >= 0.3 is 0 Å². The van der Waals surface area contributed by atoms with Gasteiger partial charge in [0.1, 0.15) is 5.52 Å². The van der Waals surface area contributed by atoms with Gasteiger partial charge in [0.2, 0.25) is 0 Å². The number of nitrogens with zero attached hydrogens (tertiary/aromatic N) is 3. The van der Waals surface area contributed by atoms with Crippen LogP contribution in [-0.2, 0) is 0 Å². The van der Waals surface area contributed by atoms with Crippen molar-refractivity contribution in [3.8, 4) is 0 Å². The summed E-state index contributed by atoms with van der Waals surface area (Å²) in [6, 6.07) is 4.51. The third-order valence-corrected chi connectivity index (χ3v) is 4.37. The molecule has 1 fully saturated rings. The van der Waals surface area contributed by atoms with Crippen molar-refractivity contribution in [2.24, 2.45) is 0 Å². The molecule has 0 aliphatic heterocycles. The largest absolute Gasteiger partial charge is 0.395 e. The standard InChI is InChI=1S/C15H18BrN3O/c16-11-9-13-15(18-10-11)14(5-6-17-13)19(7-8-20)12-3-1-2-4-12/h5-6,9-10,12,20H,1-4,7-8H2. The van der Waals surface area contributed by atoms with Gasteiger partial charge in [-0.05, 0) is 40.9 Å². The monoisotopic (exact) mass is 335 g/mol. The summed E-state index contributed by atoms with van der Waals surface area (Å²) in [5, 5.41) is 9.39. The lowest BCUT2D eigenvalue weighted by molar-refractivity contribution is 0.297. The molecule has 0 unspecified atom stereocenters. The first kappa shape index (κ1) is 13.8. The second kappa shape index (κ2) is 6.06. The lowest BCUT2D eigenvalue weighted by Crippen LogP contribution is -2.35. The molecule has 0 saturated heterocycles. The van der Waals surface area contributed by atoms with E-state index in [9.17, 15) is 5.11 Å². The summed E-state index contributed by atoms with van der Waals surface area (Å²) < 4.78 is 0.934. The zero-order chi connectivity index (χ0) is 13.9. The number of pyridine rings is 2. The van der Waals surface area contributed by atoms with Gasteiger partial charge in [-0.1, -0.05) is 12.8 Å². The Kier molecular flexibility index (Phi) is 4.17. The molecule has 0 amide bonds. The Morgan fingerprint density at radius 2 is 2.10 bits per heavy atom. The summed E-state index contributed by atoms with van der Waals surface area (Å²) >= 11 is 3.43. The summed E-state index contributed by atoms with van der Waals surface area (Å²) in [4.78, 5) is 11.2. The molecule has 1 aliphatic rings. The third-order valence-electron chi connectivity index (χ3n) is 3.94. The van der Waals surface area contributed by atoms with Gasteiger partial charge in [-0.25, -0.2) is 0 Å². The smallest absolute Gasteiger partial charge is 0.112 e. The molecule has 3 rings (SSSR count). The van der Waals surface area contributed by atoms with Crippen molar-refractivity contribution in [2.45, 2.75) is 31.7 Å². The minimum absolute atomic E-state index is 0.164. The van der Waals surface area contributed by atoms with Crippen molar-refractivity contribution in [2.75, 3.05) is 18.1 Å². The third kappa shape index (κ3) is 2.65. The predicted molar refractivity (Wildman–Crippen MR) is 83.9 cm³/mol. The van der Waals surface area contributed by atoms with E-state index in [2.05, 4.69) is 30.8 Å². The van der Waals surface area contributed by atoms with Crippen molar-refractivity contribution in [1.29, 1.82) is 0 Å². The summed E-state index contributed by atoms with van der Waals surface area (Å²) in [6.07, 6.45) is 8.56. The maximum Gasteiger partial charge on any atom is 0.112 e. The molecule has 1 N–H and O–H groups in total. The molecule has 1 aliphatic carbocycles. The summed E-state index contributed by atoms with van der Waals surface area (Å²) in [5.74, 6) is 0. The van der Waals surface area contributed by atoms with Gasteiger partial charge in [0.05, 0.1) is 17.8 Å². The van der Waals surface area contributed by atoms with Crippen molar-refractivity contribution in [3.63, 3.8) is 0 Å². The number of aliphatic hydroxyl groups excluding tert-OH is 1. The number of hydrogen-bond donors (Lipinski definition) is 1. The number of aliphatic hydroxyl groups is 1. The average Bonchev–Trinajstić information content (AvgIpc) is 2.98. The van der Waals surface area contributed by atoms with E-state index in [0.29, 0.717) is 12.6 Å². The van der Waals surface area contributed by atoms with Gasteiger partial charge in [-0.2, -0.15) is 0 Å². The van der Waals surface area contributed by atoms with E-state index in [0.717, 1.165) is 21.2 Å². The number of halogens is 1. The van der Waals surface area contributed by atoms with Gasteiger partial charge < -0.3 is 10.0 Å². The molecule has 1 saturated carbocycles. The van der Waals surface area contributed by atoms with Crippen LogP contribution in [0.4, 0.5) is 5.69 Å². The Hall–Kier alpha value is -1.20. The highest BCUT2D eigenvalue weighted by Crippen LogP contribution is 2.31. The van der Waals surface area contributed by atoms with E-state index in [1.807, 2.05) is 18.3 Å². The lowest BCUT2D eigenvalue weighted by atomic mass is 10.1. The number of rotatable bonds is 4. The van der Waals surface area contributed by atoms with E-state index in [4.69, 9.17) is 0 Å². The molecular formula is C15H18BrN3O. The first-order chi connectivity index (χ1) is 9.79. The Labute approximate surface area is 127 Å². The van der Waals surface area contributed by atoms with Crippen LogP contribution in [0.5, 0.6) is 0 Å². The SMILES string of the molecule is OCCN(c1ccnc2cc(Br)cnc12)C1CCCC1. The molecule has 20 heavy (non-hydrogen) atoms. The molecule has 0 bridgehead atoms. The van der Waals surface area contributed by atoms with Crippen LogP contribution in [0.25, 0.3) is 11.0 Å². The van der Waals surface area contributed by atoms with Crippen LogP contribution in [0.2, 0.25) is 0 Å². The molecule has 2 aromatic rings. The summed E-state index contributed by atoms with van der Waals surface area (Å²) in [6.45, 7) is 0.818. The van der Waals surface area contributed by atoms with Crippen LogP contribution in [0, 0.1) is 0 Å². The van der Waals surface area contributed by atoms with E-state index in [-0.39, 0.29) is 6.61 Å². The second-order valence-electron chi connectivity index (χ2n) is 5.21. The summed E-state index contributed by atoms with van der Waals surface area (Å²) in [7, 11) is 0. The van der Waals surface area contributed by atoms with Crippen LogP contribution in [0.3, 0.4) is 0 Å². The molecule has 2 heterocycles. The highest BCUT2D eigenvalue weighted by molar-refractivity contribution is 9.10. The molecule has 106 valence electrons. The van der Waals surface area contributed by atoms with E-state index in [1.165, 1.54) is 25.7 Å². The number of fused-ring (bicyclic) bond motifs is 1. The van der Waals surface area contributed by atoms with Gasteiger partial charge in [-0.3, -0.25) is 9.97 Å². The van der Waals surface area contributed by atoms with Gasteiger partial charge in [-0.15, -0.1) is 0 Å². The van der Waals surface area contributed by atoms with Crippen LogP contribution in [0.1, 0.15) is 25.7 Å². The van der Waals surface area contributed by atoms with Crippen LogP contribution in [-0.4, -0.2) is 34.3 Å². The van der Waals surface area contributed by atoms with E-state index >= 15 is 0 Å². The minimum Gasteiger partial charge on any atom is -0.395 e. The fourth-order valence-corrected chi connectivity index (χ4v) is 3.37. The molecule has 0 spiro atoms. The number of hydrogen-bond acceptors (Lipinski definition) is 4. The Morgan fingerprint density at radius 3 is 2.85 bits per heavy atom. The van der Waals surface area contributed by atoms with Gasteiger partial charge in [0.15, 0.2) is 0 Å². The number of aromatic nitrogens is 2. The predicted octanol–water partition coefficient (Wildman–Crippen LogP) is 3.13. The Balaban J connectivity index is 2.05. The Morgan fingerprint density at radius 1 is 1.30 bits per heavy atom. The van der Waals surface area contributed by atoms with E-state index in [1.54, 1.807) is 6.20 Å². The first-order valence-corrected chi connectivity index (χ1v) is 7.86. The van der Waals surface area contributed by atoms with Crippen molar-refractivity contribution < 1.29 is 5.11 Å². The zero-order valence-electron chi connectivity index (χ0n) is 11.3. The highest BCUT2D eigenvalue weighted by Gasteiger charge is 2.24. The quantitative estimate of drug-likeness (QED) is 0.932. The van der Waals surface area contributed by atoms with Crippen molar-refractivity contribution in [1.82, 2.24) is 9.97 Å². The maximum absolute atomic E-state index is 9.39. The molecule has 0 radical (unpaired) electrons. The van der Waals surface area contributed by atoms with Gasteiger partial charge in [0, 0.05) is 29.5 Å². The average molecular weight is 336 g/mol. The van der Waals surface area contributed by atoms with Crippen LogP contribution < -0.4 is 4.90 Å². The lowest BCUT2D eigenvalue weighted by Gasteiger charge is -2.31. The normalized spacial score (nSPS) is 15.9. The maximum atomic E-state index is 9.39. The minimum atomic E-state index is 0.164. The highest BCUT2D eigenvalue weighted by atomic mass is 79.9. The zero-order valence-corrected chi connectivity index (χ0v) is 12.9. The van der Waals surface area contributed by atoms with Crippen molar-refractivity contribution in [3.05, 3.63) is 29.0 Å². The van der Waals surface area contributed by atoms with Crippen molar-refractivity contribution >= 4 is 32.7 Å². The number of anilines is 1. The molecule has 0 atom stereocenters. The first-order valence-electron chi connectivity index (χ1n) is 7.07. The molecule has 0 aromatic carbocycles. The molecule has 2 aromatic heterocycles. The van der Waals surface area contributed by atoms with Gasteiger partial charge in [0.25, 0.3) is 0 Å². The molecule has 4 nitrogen and oxygen atoms in total. The van der Waals surface area contributed by atoms with Crippen LogP contribution in [0.15, 0.2) is 29.0 Å². The summed E-state index contributed by atoms with van der Waals surface area (Å²) in [5.41, 5.74) is 2.89. The van der Waals surface area contributed by atoms with E-state index < -0.39 is 0 Å². The molecule has 5 heteroatoms. The second-order valence-corrected chi connectivity index (χ2v) is 6.12. The fourth-order valence-electron chi connectivity index (χ4n) is 3.05. The van der Waals surface area contributed by atoms with Crippen LogP contribution >= 0.6 is 15.9 Å². The molecular weight excluding hydrogens is 318 g/mol. The topological polar surface area (TPSA) is 49.2 Å². The fraction of sp³-hybridized carbons (Fsp3) is 0.467. The Bertz CT molecular complexity index is 599.